The van der Waals surface area contributed by atoms with E-state index in [0.29, 0.717) is 54.1 Å². The molecule has 0 saturated heterocycles. The van der Waals surface area contributed by atoms with E-state index in [1.807, 2.05) is 91.0 Å². The van der Waals surface area contributed by atoms with E-state index in [-0.39, 0.29) is 35.9 Å². The lowest BCUT2D eigenvalue weighted by Crippen LogP contribution is -2.33. The second-order valence-corrected chi connectivity index (χ2v) is 13.3. The van der Waals surface area contributed by atoms with Crippen molar-refractivity contribution < 1.29 is 34.4 Å². The summed E-state index contributed by atoms with van der Waals surface area (Å²) in [6, 6.07) is 36.9. The highest BCUT2D eigenvalue weighted by atomic mass is 16.5. The van der Waals surface area contributed by atoms with E-state index in [1.54, 1.807) is 36.3 Å². The fraction of sp³-hybridized carbons (Fsp3) is 0.205. The molecule has 0 bridgehead atoms. The highest BCUT2D eigenvalue weighted by Crippen LogP contribution is 2.29. The number of aromatic nitrogens is 1. The normalized spacial score (nSPS) is 12.1. The maximum atomic E-state index is 13.9. The molecule has 0 spiro atoms. The number of methoxy groups -OCH3 is 1. The lowest BCUT2D eigenvalue weighted by atomic mass is 9.98. The molecule has 2 amide bonds. The third kappa shape index (κ3) is 10.1. The van der Waals surface area contributed by atoms with Crippen molar-refractivity contribution in [3.05, 3.63) is 171 Å². The van der Waals surface area contributed by atoms with E-state index in [1.165, 1.54) is 12.1 Å². The SMILES string of the molecule is COc1cccc(CN(CCCNC[C@@H](O)c2ccc(O)c3[nH]c(=O)ccc23)C(=O)c2ccc(COc3cccc(C(NC(=O)O)c4ccccc4)c3)cc2)c1. The van der Waals surface area contributed by atoms with Gasteiger partial charge in [0, 0.05) is 36.7 Å². The fourth-order valence-corrected chi connectivity index (χ4v) is 6.54. The summed E-state index contributed by atoms with van der Waals surface area (Å²) >= 11 is 0. The van der Waals surface area contributed by atoms with Gasteiger partial charge in [0.2, 0.25) is 5.56 Å². The number of fused-ring (bicyclic) bond motifs is 1. The molecule has 1 heterocycles. The van der Waals surface area contributed by atoms with Crippen LogP contribution in [0.25, 0.3) is 10.9 Å². The number of nitrogens with one attached hydrogen (secondary N) is 3. The summed E-state index contributed by atoms with van der Waals surface area (Å²) in [4.78, 5) is 41.7. The van der Waals surface area contributed by atoms with Gasteiger partial charge in [0.05, 0.1) is 24.8 Å². The van der Waals surface area contributed by atoms with Gasteiger partial charge in [-0.05, 0) is 89.3 Å². The molecule has 2 atom stereocenters. The number of hydrogen-bond acceptors (Lipinski definition) is 8. The van der Waals surface area contributed by atoms with Crippen LogP contribution in [0.5, 0.6) is 17.2 Å². The molecular formula is C44H44N4O8. The highest BCUT2D eigenvalue weighted by Gasteiger charge is 2.19. The predicted molar refractivity (Wildman–Crippen MR) is 213 cm³/mol. The van der Waals surface area contributed by atoms with Gasteiger partial charge in [-0.15, -0.1) is 0 Å². The maximum Gasteiger partial charge on any atom is 0.405 e. The Hall–Kier alpha value is -6.63. The first-order chi connectivity index (χ1) is 27.2. The largest absolute Gasteiger partial charge is 0.506 e. The Morgan fingerprint density at radius 1 is 0.821 bits per heavy atom. The van der Waals surface area contributed by atoms with Crippen LogP contribution in [0.4, 0.5) is 4.79 Å². The standard InChI is InChI=1S/C44H44N4O8/c1-55-34-12-5-8-30(24-34)27-48(23-7-22-45-26-39(50)36-18-20-38(49)42-37(36)19-21-40(51)46-42)43(52)32-16-14-29(15-17-32)28-56-35-13-6-11-33(25-35)41(47-44(53)54)31-9-3-2-4-10-31/h2-6,8-21,24-25,39,41,45,47,49-50H,7,22-23,26-28H2,1H3,(H,46,51)(H,53,54)/t39-,41?/m1/s1. The van der Waals surface area contributed by atoms with Crippen molar-refractivity contribution in [2.75, 3.05) is 26.7 Å². The molecule has 1 unspecified atom stereocenters. The minimum atomic E-state index is -1.13. The Morgan fingerprint density at radius 3 is 2.34 bits per heavy atom. The number of carboxylic acid groups (broad SMARTS) is 1. The van der Waals surface area contributed by atoms with Crippen LogP contribution < -0.4 is 25.7 Å². The number of phenols is 1. The number of H-pyrrole nitrogens is 1. The molecule has 1 aromatic heterocycles. The Bertz CT molecular complexity index is 2310. The van der Waals surface area contributed by atoms with Crippen LogP contribution in [0.1, 0.15) is 56.7 Å². The number of aromatic hydroxyl groups is 1. The predicted octanol–water partition coefficient (Wildman–Crippen LogP) is 6.53. The van der Waals surface area contributed by atoms with Gasteiger partial charge in [-0.3, -0.25) is 9.59 Å². The molecule has 12 nitrogen and oxygen atoms in total. The minimum Gasteiger partial charge on any atom is -0.506 e. The molecule has 6 aromatic rings. The number of carbonyl (C=O) groups is 2. The van der Waals surface area contributed by atoms with Crippen LogP contribution in [-0.2, 0) is 13.2 Å². The molecule has 5 aromatic carbocycles. The molecular weight excluding hydrogens is 713 g/mol. The van der Waals surface area contributed by atoms with E-state index in [9.17, 15) is 29.7 Å². The van der Waals surface area contributed by atoms with Gasteiger partial charge in [-0.2, -0.15) is 0 Å². The van der Waals surface area contributed by atoms with E-state index >= 15 is 0 Å². The molecule has 56 heavy (non-hydrogen) atoms. The summed E-state index contributed by atoms with van der Waals surface area (Å²) in [5.41, 5.74) is 4.33. The molecule has 0 saturated carbocycles. The van der Waals surface area contributed by atoms with Crippen LogP contribution in [0.2, 0.25) is 0 Å². The number of nitrogens with zero attached hydrogens (tertiary/aromatic N) is 1. The van der Waals surface area contributed by atoms with Crippen molar-refractivity contribution in [2.24, 2.45) is 0 Å². The summed E-state index contributed by atoms with van der Waals surface area (Å²) < 4.78 is 11.5. The van der Waals surface area contributed by atoms with Crippen LogP contribution in [0.15, 0.2) is 132 Å². The van der Waals surface area contributed by atoms with Crippen molar-refractivity contribution in [3.63, 3.8) is 0 Å². The number of amides is 2. The monoisotopic (exact) mass is 756 g/mol. The van der Waals surface area contributed by atoms with E-state index in [0.717, 1.165) is 22.3 Å². The summed E-state index contributed by atoms with van der Waals surface area (Å²) in [5, 5.41) is 37.0. The Balaban J connectivity index is 1.08. The average Bonchev–Trinajstić information content (AvgIpc) is 3.22. The first-order valence-corrected chi connectivity index (χ1v) is 18.2. The van der Waals surface area contributed by atoms with Crippen LogP contribution in [-0.4, -0.2) is 63.9 Å². The molecule has 0 radical (unpaired) electrons. The lowest BCUT2D eigenvalue weighted by molar-refractivity contribution is 0.0740. The van der Waals surface area contributed by atoms with E-state index in [4.69, 9.17) is 9.47 Å². The number of rotatable bonds is 17. The van der Waals surface area contributed by atoms with Crippen molar-refractivity contribution in [3.8, 4) is 17.2 Å². The minimum absolute atomic E-state index is 0.0715. The maximum absolute atomic E-state index is 13.9. The van der Waals surface area contributed by atoms with Crippen molar-refractivity contribution in [1.82, 2.24) is 20.5 Å². The van der Waals surface area contributed by atoms with Gasteiger partial charge in [0.15, 0.2) is 0 Å². The topological polar surface area (TPSA) is 173 Å². The van der Waals surface area contributed by atoms with Crippen LogP contribution >= 0.6 is 0 Å². The van der Waals surface area contributed by atoms with Crippen molar-refractivity contribution >= 4 is 22.9 Å². The number of aromatic amines is 1. The zero-order valence-electron chi connectivity index (χ0n) is 30.9. The van der Waals surface area contributed by atoms with Gasteiger partial charge < -0.3 is 45.3 Å². The number of ether oxygens (including phenoxy) is 2. The van der Waals surface area contributed by atoms with Gasteiger partial charge in [-0.1, -0.05) is 72.8 Å². The first-order valence-electron chi connectivity index (χ1n) is 18.2. The van der Waals surface area contributed by atoms with Gasteiger partial charge in [-0.25, -0.2) is 4.79 Å². The smallest absolute Gasteiger partial charge is 0.405 e. The quantitative estimate of drug-likeness (QED) is 0.0566. The number of carbonyl (C=O) groups excluding carboxylic acids is 1. The third-order valence-corrected chi connectivity index (χ3v) is 9.38. The Kier molecular flexibility index (Phi) is 13.0. The fourth-order valence-electron chi connectivity index (χ4n) is 6.54. The molecule has 0 aliphatic heterocycles. The molecule has 6 rings (SSSR count). The Labute approximate surface area is 324 Å². The summed E-state index contributed by atoms with van der Waals surface area (Å²) in [7, 11) is 1.60. The second-order valence-electron chi connectivity index (χ2n) is 13.3. The lowest BCUT2D eigenvalue weighted by Gasteiger charge is -2.24. The van der Waals surface area contributed by atoms with Gasteiger partial charge >= 0.3 is 6.09 Å². The number of hydrogen-bond donors (Lipinski definition) is 6. The first kappa shape index (κ1) is 39.1. The third-order valence-electron chi connectivity index (χ3n) is 9.38. The van der Waals surface area contributed by atoms with Gasteiger partial charge in [0.1, 0.15) is 23.9 Å². The summed E-state index contributed by atoms with van der Waals surface area (Å²) in [5.74, 6) is 1.06. The average molecular weight is 757 g/mol. The van der Waals surface area contributed by atoms with Crippen molar-refractivity contribution in [2.45, 2.75) is 31.7 Å². The number of phenolic OH excluding ortho intramolecular Hbond substituents is 1. The second kappa shape index (κ2) is 18.6. The van der Waals surface area contributed by atoms with Gasteiger partial charge in [0.25, 0.3) is 5.91 Å². The highest BCUT2D eigenvalue weighted by molar-refractivity contribution is 5.94. The van der Waals surface area contributed by atoms with Crippen LogP contribution in [0, 0.1) is 0 Å². The van der Waals surface area contributed by atoms with E-state index in [2.05, 4.69) is 15.6 Å². The zero-order valence-corrected chi connectivity index (χ0v) is 30.9. The summed E-state index contributed by atoms with van der Waals surface area (Å²) in [6.07, 6.45) is -1.43. The van der Waals surface area contributed by atoms with Crippen molar-refractivity contribution in [1.29, 1.82) is 0 Å². The number of aliphatic hydroxyl groups excluding tert-OH is 1. The molecule has 6 N–H and O–H groups in total. The molecule has 0 aliphatic rings. The number of benzene rings is 5. The summed E-state index contributed by atoms with van der Waals surface area (Å²) in [6.45, 7) is 1.77. The molecule has 12 heteroatoms. The van der Waals surface area contributed by atoms with E-state index < -0.39 is 18.2 Å². The molecule has 288 valence electrons. The number of aliphatic hydroxyl groups is 1. The Morgan fingerprint density at radius 2 is 1.57 bits per heavy atom. The van der Waals surface area contributed by atoms with Crippen LogP contribution in [0.3, 0.4) is 0 Å². The number of pyridine rings is 1. The molecule has 0 fully saturated rings. The zero-order chi connectivity index (χ0) is 39.4. The molecule has 0 aliphatic carbocycles.